The van der Waals surface area contributed by atoms with E-state index < -0.39 is 0 Å². The summed E-state index contributed by atoms with van der Waals surface area (Å²) < 4.78 is 9.37. The number of aromatic nitrogens is 9. The molecule has 0 saturated heterocycles. The monoisotopic (exact) mass is 1370 g/mol. The standard InChI is InChI=1S/C51H33N5.C45H28N4S/c1-5-15-34(16-6-1)37-25-29-47-43(31-37)44-33-39(38-26-28-46-42(32-38)41-23-13-14-24-45(41)55(46)40-21-11-4-12-22-40)27-30-48(44)56(47)51-53-49(35-17-7-2-8-18-35)52-50(54-51)36-19-9-3-10-20-36;1-4-12-29(13-5-1)32-20-23-39-36(26-32)37-27-33(34-22-25-42-38(28-34)35-18-10-11-19-41(35)50-42)21-24-40(37)49(39)45-47-43(30-14-6-2-7-15-30)46-44(48-45)31-16-8-3-9-17-31/h1-33H;1-28H. The zero-order valence-corrected chi connectivity index (χ0v) is 58.0. The topological polar surface area (TPSA) is 92.1 Å². The molecule has 21 aromatic rings. The predicted molar refractivity (Wildman–Crippen MR) is 439 cm³/mol. The Morgan fingerprint density at radius 1 is 0.170 bits per heavy atom. The van der Waals surface area contributed by atoms with E-state index in [0.29, 0.717) is 35.2 Å². The van der Waals surface area contributed by atoms with Crippen LogP contribution in [0, 0.1) is 0 Å². The highest BCUT2D eigenvalue weighted by Gasteiger charge is 2.23. The van der Waals surface area contributed by atoms with Gasteiger partial charge in [0.25, 0.3) is 0 Å². The smallest absolute Gasteiger partial charge is 0.238 e. The molecule has 0 atom stereocenters. The van der Waals surface area contributed by atoms with Crippen LogP contribution >= 0.6 is 11.3 Å². The average molecular weight is 1370 g/mol. The molecule has 9 nitrogen and oxygen atoms in total. The number of thiophene rings is 1. The molecule has 6 aromatic heterocycles. The van der Waals surface area contributed by atoms with Crippen LogP contribution in [-0.4, -0.2) is 43.6 Å². The van der Waals surface area contributed by atoms with E-state index in [0.717, 1.165) is 88.2 Å². The molecule has 21 rings (SSSR count). The molecule has 0 aliphatic carbocycles. The summed E-state index contributed by atoms with van der Waals surface area (Å²) in [5.74, 6) is 3.70. The lowest BCUT2D eigenvalue weighted by atomic mass is 9.99. The van der Waals surface area contributed by atoms with E-state index in [1.165, 1.54) is 69.8 Å². The molecule has 10 heteroatoms. The fourth-order valence-electron chi connectivity index (χ4n) is 15.2. The van der Waals surface area contributed by atoms with Crippen LogP contribution in [0.4, 0.5) is 0 Å². The van der Waals surface area contributed by atoms with Gasteiger partial charge in [-0.1, -0.05) is 273 Å². The summed E-state index contributed by atoms with van der Waals surface area (Å²) in [7, 11) is 0. The Morgan fingerprint density at radius 3 is 0.821 bits per heavy atom. The van der Waals surface area contributed by atoms with Crippen molar-refractivity contribution in [2.75, 3.05) is 0 Å². The van der Waals surface area contributed by atoms with Crippen molar-refractivity contribution in [2.24, 2.45) is 0 Å². The van der Waals surface area contributed by atoms with Gasteiger partial charge in [-0.05, 0) is 142 Å². The van der Waals surface area contributed by atoms with Crippen LogP contribution in [0.1, 0.15) is 0 Å². The molecule has 0 saturated carbocycles. The third kappa shape index (κ3) is 11.0. The van der Waals surface area contributed by atoms with Gasteiger partial charge in [0.15, 0.2) is 23.3 Å². The van der Waals surface area contributed by atoms with Gasteiger partial charge in [0.05, 0.1) is 33.1 Å². The molecule has 106 heavy (non-hydrogen) atoms. The molecule has 0 unspecified atom stereocenters. The van der Waals surface area contributed by atoms with E-state index in [2.05, 4.69) is 262 Å². The first-order valence-corrected chi connectivity index (χ1v) is 36.4. The number of nitrogens with zero attached hydrogens (tertiary/aromatic N) is 9. The van der Waals surface area contributed by atoms with Gasteiger partial charge in [0, 0.05) is 80.4 Å². The van der Waals surface area contributed by atoms with Crippen LogP contribution in [0.2, 0.25) is 0 Å². The number of rotatable bonds is 11. The van der Waals surface area contributed by atoms with Crippen molar-refractivity contribution < 1.29 is 0 Å². The molecule has 0 amide bonds. The lowest BCUT2D eigenvalue weighted by Crippen LogP contribution is -2.06. The van der Waals surface area contributed by atoms with Crippen LogP contribution in [0.25, 0.3) is 193 Å². The number of fused-ring (bicyclic) bond motifs is 12. The minimum absolute atomic E-state index is 0.577. The Balaban J connectivity index is 0.000000141. The number of benzene rings is 15. The summed E-state index contributed by atoms with van der Waals surface area (Å²) in [4.78, 5) is 30.5. The largest absolute Gasteiger partial charge is 0.309 e. The Hall–Kier alpha value is -14.1. The SMILES string of the molecule is c1ccc(-c2ccc3c(c2)c2cc(-c4ccc5c(c4)c4ccccc4n5-c4ccccc4)ccc2n3-c2nc(-c3ccccc3)nc(-c3ccccc3)n2)cc1.c1ccc(-c2ccc3c(c2)c2cc(-c4ccc5sc6ccccc6c5c4)ccc2n3-c2nc(-c3ccccc3)nc(-c3ccccc3)n2)cc1. The fraction of sp³-hybridized carbons (Fsp3) is 0. The first-order chi connectivity index (χ1) is 52.5. The van der Waals surface area contributed by atoms with Crippen molar-refractivity contribution in [1.29, 1.82) is 0 Å². The minimum atomic E-state index is 0.577. The van der Waals surface area contributed by atoms with Crippen LogP contribution in [0.5, 0.6) is 0 Å². The third-order valence-corrected chi connectivity index (χ3v) is 21.4. The lowest BCUT2D eigenvalue weighted by Gasteiger charge is -2.11. The number of hydrogen-bond donors (Lipinski definition) is 0. The molecule has 0 bridgehead atoms. The first kappa shape index (κ1) is 61.8. The summed E-state index contributed by atoms with van der Waals surface area (Å²) in [5.41, 5.74) is 20.8. The second-order valence-corrected chi connectivity index (χ2v) is 27.7. The quantitative estimate of drug-likeness (QED) is 0.128. The highest BCUT2D eigenvalue weighted by atomic mass is 32.1. The summed E-state index contributed by atoms with van der Waals surface area (Å²) >= 11 is 1.85. The second kappa shape index (κ2) is 26.1. The summed E-state index contributed by atoms with van der Waals surface area (Å²) in [5, 5.41) is 9.61. The zero-order valence-electron chi connectivity index (χ0n) is 57.2. The van der Waals surface area contributed by atoms with Crippen molar-refractivity contribution in [1.82, 2.24) is 43.6 Å². The maximum Gasteiger partial charge on any atom is 0.238 e. The molecule has 15 aromatic carbocycles. The van der Waals surface area contributed by atoms with Crippen LogP contribution in [-0.2, 0) is 0 Å². The second-order valence-electron chi connectivity index (χ2n) is 26.6. The maximum atomic E-state index is 5.16. The Morgan fingerprint density at radius 2 is 0.434 bits per heavy atom. The Kier molecular flexibility index (Phi) is 15.2. The summed E-state index contributed by atoms with van der Waals surface area (Å²) in [6, 6.07) is 130. The van der Waals surface area contributed by atoms with E-state index in [4.69, 9.17) is 29.9 Å². The van der Waals surface area contributed by atoms with Crippen LogP contribution in [0.15, 0.2) is 370 Å². The minimum Gasteiger partial charge on any atom is -0.309 e. The van der Waals surface area contributed by atoms with Gasteiger partial charge in [-0.3, -0.25) is 9.13 Å². The van der Waals surface area contributed by atoms with E-state index in [1.807, 2.05) is 133 Å². The van der Waals surface area contributed by atoms with Gasteiger partial charge in [-0.2, -0.15) is 19.9 Å². The highest BCUT2D eigenvalue weighted by Crippen LogP contribution is 2.43. The summed E-state index contributed by atoms with van der Waals surface area (Å²) in [6.07, 6.45) is 0. The molecule has 0 spiro atoms. The Bertz CT molecular complexity index is 6800. The first-order valence-electron chi connectivity index (χ1n) is 35.6. The van der Waals surface area contributed by atoms with Crippen molar-refractivity contribution in [2.45, 2.75) is 0 Å². The lowest BCUT2D eigenvalue weighted by molar-refractivity contribution is 0.953. The van der Waals surface area contributed by atoms with E-state index in [1.54, 1.807) is 0 Å². The molecule has 0 fully saturated rings. The van der Waals surface area contributed by atoms with E-state index in [9.17, 15) is 0 Å². The highest BCUT2D eigenvalue weighted by molar-refractivity contribution is 7.25. The molecular formula is C96H61N9S. The van der Waals surface area contributed by atoms with E-state index >= 15 is 0 Å². The fourth-order valence-corrected chi connectivity index (χ4v) is 16.3. The van der Waals surface area contributed by atoms with Crippen LogP contribution < -0.4 is 0 Å². The number of hydrogen-bond acceptors (Lipinski definition) is 7. The van der Waals surface area contributed by atoms with Gasteiger partial charge in [-0.25, -0.2) is 9.97 Å². The molecule has 496 valence electrons. The molecule has 0 N–H and O–H groups in total. The van der Waals surface area contributed by atoms with Crippen molar-refractivity contribution >= 4 is 96.9 Å². The average Bonchev–Trinajstić information content (AvgIpc) is 1.58. The van der Waals surface area contributed by atoms with Gasteiger partial charge in [0.1, 0.15) is 0 Å². The predicted octanol–water partition coefficient (Wildman–Crippen LogP) is 24.7. The van der Waals surface area contributed by atoms with E-state index in [-0.39, 0.29) is 0 Å². The van der Waals surface area contributed by atoms with Gasteiger partial charge >= 0.3 is 0 Å². The van der Waals surface area contributed by atoms with Crippen LogP contribution in [0.3, 0.4) is 0 Å². The molecular weight excluding hydrogens is 1310 g/mol. The molecule has 0 aliphatic rings. The van der Waals surface area contributed by atoms with Crippen molar-refractivity contribution in [3.05, 3.63) is 370 Å². The van der Waals surface area contributed by atoms with Gasteiger partial charge in [-0.15, -0.1) is 11.3 Å². The summed E-state index contributed by atoms with van der Waals surface area (Å²) in [6.45, 7) is 0. The Labute approximate surface area is 614 Å². The van der Waals surface area contributed by atoms with Gasteiger partial charge < -0.3 is 4.57 Å². The molecule has 0 aliphatic heterocycles. The number of para-hydroxylation sites is 2. The zero-order chi connectivity index (χ0) is 70.0. The molecule has 0 radical (unpaired) electrons. The van der Waals surface area contributed by atoms with Crippen molar-refractivity contribution in [3.63, 3.8) is 0 Å². The van der Waals surface area contributed by atoms with Crippen molar-refractivity contribution in [3.8, 4) is 108 Å². The maximum absolute atomic E-state index is 5.16. The third-order valence-electron chi connectivity index (χ3n) is 20.2. The van der Waals surface area contributed by atoms with Gasteiger partial charge in [0.2, 0.25) is 11.9 Å². The molecule has 6 heterocycles. The normalized spacial score (nSPS) is 11.6.